The second-order valence-corrected chi connectivity index (χ2v) is 8.07. The van der Waals surface area contributed by atoms with E-state index in [0.717, 1.165) is 0 Å². The number of nitro benzene ring substituents is 1. The Kier molecular flexibility index (Phi) is 6.37. The van der Waals surface area contributed by atoms with Crippen molar-refractivity contribution in [2.75, 3.05) is 7.11 Å². The van der Waals surface area contributed by atoms with Crippen molar-refractivity contribution < 1.29 is 14.5 Å². The predicted octanol–water partition coefficient (Wildman–Crippen LogP) is 3.96. The number of methoxy groups -OCH3 is 1. The van der Waals surface area contributed by atoms with Crippen LogP contribution in [0.3, 0.4) is 0 Å². The molecule has 0 aliphatic carbocycles. The fourth-order valence-electron chi connectivity index (χ4n) is 3.30. The van der Waals surface area contributed by atoms with E-state index in [4.69, 9.17) is 4.74 Å². The number of thiophene rings is 1. The molecular formula is C23H19N5O5S. The summed E-state index contributed by atoms with van der Waals surface area (Å²) in [5, 5.41) is 20.0. The Labute approximate surface area is 197 Å². The average molecular weight is 478 g/mol. The van der Waals surface area contributed by atoms with Gasteiger partial charge in [-0.15, -0.1) is 11.3 Å². The van der Waals surface area contributed by atoms with E-state index >= 15 is 0 Å². The topological polar surface area (TPSA) is 132 Å². The second-order valence-electron chi connectivity index (χ2n) is 7.12. The zero-order chi connectivity index (χ0) is 24.2. The van der Waals surface area contributed by atoms with Gasteiger partial charge in [-0.1, -0.05) is 6.07 Å². The number of hydrazone groups is 1. The minimum Gasteiger partial charge on any atom is -0.497 e. The Morgan fingerprint density at radius 1 is 1.15 bits per heavy atom. The van der Waals surface area contributed by atoms with E-state index in [0.29, 0.717) is 27.6 Å². The van der Waals surface area contributed by atoms with Gasteiger partial charge in [-0.2, -0.15) is 5.10 Å². The number of nitrogens with one attached hydrogen (secondary N) is 2. The number of aromatic amines is 1. The number of nitro groups is 1. The number of ether oxygens (including phenoxy) is 1. The molecule has 0 saturated heterocycles. The fraction of sp³-hybridized carbons (Fsp3) is 0.0870. The molecule has 1 amide bonds. The second kappa shape index (κ2) is 9.55. The molecule has 4 aromatic rings. The highest BCUT2D eigenvalue weighted by Crippen LogP contribution is 2.24. The van der Waals surface area contributed by atoms with Gasteiger partial charge in [-0.25, -0.2) is 10.1 Å². The summed E-state index contributed by atoms with van der Waals surface area (Å²) >= 11 is 1.28. The third-order valence-corrected chi connectivity index (χ3v) is 5.89. The molecule has 0 fully saturated rings. The number of carbonyl (C=O) groups is 1. The fourth-order valence-corrected chi connectivity index (χ4v) is 3.91. The number of rotatable bonds is 7. The van der Waals surface area contributed by atoms with Crippen LogP contribution in [0.2, 0.25) is 0 Å². The standard InChI is InChI=1S/C23H19N5O5S/c1-14(24-25-22(29)19-4-3-13-34-19)20-21(15-5-11-18(33-2)12-6-15)26-27(23(20)30)16-7-9-17(10-8-16)28(31)32/h3-13,26H,1-2H3,(H,25,29)/b24-14+. The minimum atomic E-state index is -0.511. The predicted molar refractivity (Wildman–Crippen MR) is 129 cm³/mol. The summed E-state index contributed by atoms with van der Waals surface area (Å²) in [6, 6.07) is 16.1. The van der Waals surface area contributed by atoms with Crippen LogP contribution in [0.25, 0.3) is 16.9 Å². The van der Waals surface area contributed by atoms with Gasteiger partial charge < -0.3 is 4.74 Å². The van der Waals surface area contributed by atoms with Crippen LogP contribution in [0.1, 0.15) is 22.2 Å². The van der Waals surface area contributed by atoms with Crippen molar-refractivity contribution in [2.45, 2.75) is 6.92 Å². The number of amides is 1. The Balaban J connectivity index is 1.79. The first-order valence-electron chi connectivity index (χ1n) is 10.0. The lowest BCUT2D eigenvalue weighted by Gasteiger charge is -2.05. The number of benzene rings is 2. The maximum absolute atomic E-state index is 13.4. The molecule has 0 aliphatic rings. The van der Waals surface area contributed by atoms with E-state index in [2.05, 4.69) is 15.6 Å². The summed E-state index contributed by atoms with van der Waals surface area (Å²) in [5.41, 5.74) is 4.07. The molecule has 2 N–H and O–H groups in total. The van der Waals surface area contributed by atoms with Gasteiger partial charge in [0.05, 0.1) is 39.6 Å². The maximum atomic E-state index is 13.4. The lowest BCUT2D eigenvalue weighted by molar-refractivity contribution is -0.384. The molecule has 0 unspecified atom stereocenters. The Hall–Kier alpha value is -4.51. The van der Waals surface area contributed by atoms with Crippen LogP contribution in [0.5, 0.6) is 5.75 Å². The van der Waals surface area contributed by atoms with Crippen LogP contribution in [0, 0.1) is 10.1 Å². The van der Waals surface area contributed by atoms with Crippen LogP contribution in [-0.2, 0) is 0 Å². The van der Waals surface area contributed by atoms with Crippen molar-refractivity contribution in [1.29, 1.82) is 0 Å². The largest absolute Gasteiger partial charge is 0.497 e. The van der Waals surface area contributed by atoms with Crippen molar-refractivity contribution in [2.24, 2.45) is 5.10 Å². The molecule has 34 heavy (non-hydrogen) atoms. The zero-order valence-electron chi connectivity index (χ0n) is 18.1. The van der Waals surface area contributed by atoms with E-state index in [9.17, 15) is 19.7 Å². The molecule has 0 bridgehead atoms. The minimum absolute atomic E-state index is 0.0898. The lowest BCUT2D eigenvalue weighted by atomic mass is 10.1. The summed E-state index contributed by atoms with van der Waals surface area (Å²) in [6.07, 6.45) is 0. The molecule has 2 aromatic heterocycles. The van der Waals surface area contributed by atoms with Crippen molar-refractivity contribution in [1.82, 2.24) is 15.2 Å². The highest BCUT2D eigenvalue weighted by molar-refractivity contribution is 7.12. The third-order valence-electron chi connectivity index (χ3n) is 5.02. The van der Waals surface area contributed by atoms with E-state index in [1.54, 1.807) is 55.8 Å². The molecule has 0 saturated carbocycles. The molecule has 0 atom stereocenters. The van der Waals surface area contributed by atoms with Gasteiger partial charge in [0.1, 0.15) is 5.75 Å². The van der Waals surface area contributed by atoms with Gasteiger partial charge in [0.15, 0.2) is 0 Å². The summed E-state index contributed by atoms with van der Waals surface area (Å²) in [4.78, 5) is 36.7. The number of hydrogen-bond acceptors (Lipinski definition) is 7. The van der Waals surface area contributed by atoms with Gasteiger partial charge >= 0.3 is 0 Å². The summed E-state index contributed by atoms with van der Waals surface area (Å²) in [6.45, 7) is 1.62. The Morgan fingerprint density at radius 3 is 2.44 bits per heavy atom. The SMILES string of the molecule is COc1ccc(-c2[nH]n(-c3ccc([N+](=O)[O-])cc3)c(=O)c2/C(C)=N/NC(=O)c2cccs2)cc1. The number of H-pyrrole nitrogens is 1. The first kappa shape index (κ1) is 22.7. The van der Waals surface area contributed by atoms with Crippen molar-refractivity contribution in [3.8, 4) is 22.7 Å². The lowest BCUT2D eigenvalue weighted by Crippen LogP contribution is -2.23. The zero-order valence-corrected chi connectivity index (χ0v) is 19.0. The van der Waals surface area contributed by atoms with Crippen LogP contribution < -0.4 is 15.7 Å². The van der Waals surface area contributed by atoms with Gasteiger partial charge in [-0.05, 0) is 54.8 Å². The van der Waals surface area contributed by atoms with Crippen LogP contribution in [0.15, 0.2) is 75.9 Å². The maximum Gasteiger partial charge on any atom is 0.281 e. The molecule has 2 aromatic carbocycles. The molecular weight excluding hydrogens is 458 g/mol. The highest BCUT2D eigenvalue weighted by atomic mass is 32.1. The highest BCUT2D eigenvalue weighted by Gasteiger charge is 2.20. The molecule has 2 heterocycles. The molecule has 0 spiro atoms. The van der Waals surface area contributed by atoms with Crippen molar-refractivity contribution in [3.63, 3.8) is 0 Å². The van der Waals surface area contributed by atoms with Crippen LogP contribution in [0.4, 0.5) is 5.69 Å². The number of non-ortho nitro benzene ring substituents is 1. The normalized spacial score (nSPS) is 11.3. The van der Waals surface area contributed by atoms with Crippen LogP contribution >= 0.6 is 11.3 Å². The molecule has 4 rings (SSSR count). The van der Waals surface area contributed by atoms with Gasteiger partial charge in [0, 0.05) is 17.7 Å². The molecule has 0 aliphatic heterocycles. The van der Waals surface area contributed by atoms with Gasteiger partial charge in [0.25, 0.3) is 17.2 Å². The van der Waals surface area contributed by atoms with E-state index < -0.39 is 10.5 Å². The molecule has 172 valence electrons. The van der Waals surface area contributed by atoms with E-state index in [-0.39, 0.29) is 22.9 Å². The van der Waals surface area contributed by atoms with Gasteiger partial charge in [-0.3, -0.25) is 24.8 Å². The Bertz CT molecular complexity index is 1420. The smallest absolute Gasteiger partial charge is 0.281 e. The molecule has 0 radical (unpaired) electrons. The van der Waals surface area contributed by atoms with Gasteiger partial charge in [0.2, 0.25) is 0 Å². The quantitative estimate of drug-likeness (QED) is 0.236. The summed E-state index contributed by atoms with van der Waals surface area (Å²) in [7, 11) is 1.56. The molecule has 10 nitrogen and oxygen atoms in total. The number of carbonyl (C=O) groups excluding carboxylic acids is 1. The number of aromatic nitrogens is 2. The first-order valence-corrected chi connectivity index (χ1v) is 10.9. The summed E-state index contributed by atoms with van der Waals surface area (Å²) < 4.78 is 6.49. The van der Waals surface area contributed by atoms with Crippen molar-refractivity contribution in [3.05, 3.63) is 97.0 Å². The first-order chi connectivity index (χ1) is 16.4. The van der Waals surface area contributed by atoms with E-state index in [1.807, 2.05) is 0 Å². The monoisotopic (exact) mass is 477 g/mol. The van der Waals surface area contributed by atoms with Crippen molar-refractivity contribution >= 4 is 28.6 Å². The summed E-state index contributed by atoms with van der Waals surface area (Å²) in [5.74, 6) is 0.266. The third kappa shape index (κ3) is 4.50. The average Bonchev–Trinajstić information content (AvgIpc) is 3.51. The Morgan fingerprint density at radius 2 is 1.85 bits per heavy atom. The van der Waals surface area contributed by atoms with E-state index in [1.165, 1.54) is 40.3 Å². The van der Waals surface area contributed by atoms with Crippen LogP contribution in [-0.4, -0.2) is 33.4 Å². The molecule has 11 heteroatoms. The number of nitrogens with zero attached hydrogens (tertiary/aromatic N) is 3. The number of hydrogen-bond donors (Lipinski definition) is 2.